The minimum absolute atomic E-state index is 0.312. The van der Waals surface area contributed by atoms with E-state index in [1.54, 1.807) is 23.0 Å². The maximum Gasteiger partial charge on any atom is 0.165 e. The van der Waals surface area contributed by atoms with Gasteiger partial charge in [0.25, 0.3) is 0 Å². The molecule has 0 fully saturated rings. The molecule has 0 atom stereocenters. The van der Waals surface area contributed by atoms with Crippen LogP contribution in [0.3, 0.4) is 0 Å². The normalized spacial score (nSPS) is 10.5. The zero-order chi connectivity index (χ0) is 12.3. The molecular formula is C13H15FN2O. The maximum absolute atomic E-state index is 13.4. The molecule has 0 aliphatic heterocycles. The van der Waals surface area contributed by atoms with E-state index in [-0.39, 0.29) is 5.82 Å². The lowest BCUT2D eigenvalue weighted by Gasteiger charge is -2.08. The summed E-state index contributed by atoms with van der Waals surface area (Å²) < 4.78 is 20.6. The molecule has 0 bridgehead atoms. The Bertz CT molecular complexity index is 508. The minimum atomic E-state index is -0.319. The van der Waals surface area contributed by atoms with Gasteiger partial charge in [-0.3, -0.25) is 4.68 Å². The quantitative estimate of drug-likeness (QED) is 0.812. The van der Waals surface area contributed by atoms with Gasteiger partial charge in [0, 0.05) is 25.4 Å². The van der Waals surface area contributed by atoms with E-state index in [0.717, 1.165) is 11.3 Å². The van der Waals surface area contributed by atoms with Crippen molar-refractivity contribution in [3.8, 4) is 5.75 Å². The molecule has 0 unspecified atom stereocenters. The Labute approximate surface area is 99.8 Å². The first-order chi connectivity index (χ1) is 8.16. The first kappa shape index (κ1) is 11.6. The Balaban J connectivity index is 1.94. The molecule has 0 N–H and O–H groups in total. The van der Waals surface area contributed by atoms with Crippen LogP contribution in [0.1, 0.15) is 11.3 Å². The Morgan fingerprint density at radius 3 is 2.88 bits per heavy atom. The molecule has 0 aliphatic carbocycles. The van der Waals surface area contributed by atoms with Gasteiger partial charge in [-0.1, -0.05) is 6.07 Å². The Morgan fingerprint density at radius 2 is 2.18 bits per heavy atom. The highest BCUT2D eigenvalue weighted by Crippen LogP contribution is 2.18. The third-order valence-electron chi connectivity index (χ3n) is 2.62. The van der Waals surface area contributed by atoms with Crippen molar-refractivity contribution in [1.29, 1.82) is 0 Å². The molecule has 0 radical (unpaired) electrons. The van der Waals surface area contributed by atoms with Gasteiger partial charge in [-0.05, 0) is 30.7 Å². The predicted octanol–water partition coefficient (Wildman–Crippen LogP) is 2.49. The second-order valence-electron chi connectivity index (χ2n) is 3.98. The van der Waals surface area contributed by atoms with Crippen LogP contribution in [0.25, 0.3) is 0 Å². The molecule has 17 heavy (non-hydrogen) atoms. The van der Waals surface area contributed by atoms with Crippen molar-refractivity contribution in [1.82, 2.24) is 9.78 Å². The van der Waals surface area contributed by atoms with Crippen molar-refractivity contribution >= 4 is 0 Å². The molecule has 1 aromatic heterocycles. The fourth-order valence-corrected chi connectivity index (χ4v) is 1.63. The summed E-state index contributed by atoms with van der Waals surface area (Å²) in [5, 5.41) is 4.06. The molecule has 1 heterocycles. The van der Waals surface area contributed by atoms with Gasteiger partial charge in [0.1, 0.15) is 0 Å². The van der Waals surface area contributed by atoms with Crippen LogP contribution in [-0.4, -0.2) is 16.4 Å². The van der Waals surface area contributed by atoms with Gasteiger partial charge in [-0.15, -0.1) is 0 Å². The number of hydrogen-bond donors (Lipinski definition) is 0. The minimum Gasteiger partial charge on any atom is -0.490 e. The van der Waals surface area contributed by atoms with Crippen LogP contribution in [0.5, 0.6) is 5.75 Å². The van der Waals surface area contributed by atoms with Crippen LogP contribution >= 0.6 is 0 Å². The first-order valence-corrected chi connectivity index (χ1v) is 5.52. The monoisotopic (exact) mass is 234 g/mol. The van der Waals surface area contributed by atoms with Crippen molar-refractivity contribution in [2.24, 2.45) is 7.05 Å². The average molecular weight is 234 g/mol. The molecule has 0 amide bonds. The van der Waals surface area contributed by atoms with Gasteiger partial charge in [0.2, 0.25) is 0 Å². The Hall–Kier alpha value is -1.84. The molecule has 4 heteroatoms. The summed E-state index contributed by atoms with van der Waals surface area (Å²) >= 11 is 0. The van der Waals surface area contributed by atoms with Crippen LogP contribution < -0.4 is 4.74 Å². The summed E-state index contributed by atoms with van der Waals surface area (Å²) in [4.78, 5) is 0. The Morgan fingerprint density at radius 1 is 1.35 bits per heavy atom. The number of nitrogens with zero attached hydrogens (tertiary/aromatic N) is 2. The summed E-state index contributed by atoms with van der Waals surface area (Å²) in [7, 11) is 1.88. The molecule has 0 aliphatic rings. The fraction of sp³-hybridized carbons (Fsp3) is 0.308. The van der Waals surface area contributed by atoms with Gasteiger partial charge in [0.15, 0.2) is 11.6 Å². The van der Waals surface area contributed by atoms with Gasteiger partial charge >= 0.3 is 0 Å². The van der Waals surface area contributed by atoms with E-state index in [1.165, 1.54) is 6.07 Å². The van der Waals surface area contributed by atoms with Gasteiger partial charge in [0.05, 0.1) is 6.61 Å². The smallest absolute Gasteiger partial charge is 0.165 e. The molecule has 90 valence electrons. The van der Waals surface area contributed by atoms with Crippen molar-refractivity contribution in [2.75, 3.05) is 6.61 Å². The molecule has 0 saturated carbocycles. The molecule has 0 saturated heterocycles. The van der Waals surface area contributed by atoms with Crippen LogP contribution in [0.2, 0.25) is 0 Å². The van der Waals surface area contributed by atoms with Crippen molar-refractivity contribution in [2.45, 2.75) is 13.3 Å². The van der Waals surface area contributed by atoms with E-state index >= 15 is 0 Å². The van der Waals surface area contributed by atoms with Crippen LogP contribution in [0, 0.1) is 12.7 Å². The summed E-state index contributed by atoms with van der Waals surface area (Å²) in [6.07, 6.45) is 2.45. The number of aromatic nitrogens is 2. The van der Waals surface area contributed by atoms with E-state index in [4.69, 9.17) is 4.74 Å². The van der Waals surface area contributed by atoms with Gasteiger partial charge in [-0.25, -0.2) is 4.39 Å². The highest BCUT2D eigenvalue weighted by Gasteiger charge is 2.04. The van der Waals surface area contributed by atoms with E-state index < -0.39 is 0 Å². The largest absolute Gasteiger partial charge is 0.490 e. The molecule has 1 aromatic carbocycles. The second-order valence-corrected chi connectivity index (χ2v) is 3.98. The summed E-state index contributed by atoms with van der Waals surface area (Å²) in [6.45, 7) is 2.35. The predicted molar refractivity (Wildman–Crippen MR) is 63.5 cm³/mol. The standard InChI is InChI=1S/C13H15FN2O/c1-10-3-4-12(14)13(9-10)17-8-6-11-5-7-15-16(11)2/h3-5,7,9H,6,8H2,1-2H3. The summed E-state index contributed by atoms with van der Waals surface area (Å²) in [6, 6.07) is 6.78. The SMILES string of the molecule is Cc1ccc(F)c(OCCc2ccnn2C)c1. The maximum atomic E-state index is 13.4. The number of ether oxygens (including phenoxy) is 1. The lowest BCUT2D eigenvalue weighted by Crippen LogP contribution is -2.06. The van der Waals surface area contributed by atoms with Gasteiger partial charge in [-0.2, -0.15) is 5.10 Å². The van der Waals surface area contributed by atoms with Crippen LogP contribution in [-0.2, 0) is 13.5 Å². The highest BCUT2D eigenvalue weighted by molar-refractivity contribution is 5.29. The lowest BCUT2D eigenvalue weighted by atomic mass is 10.2. The van der Waals surface area contributed by atoms with E-state index in [0.29, 0.717) is 18.8 Å². The molecule has 3 nitrogen and oxygen atoms in total. The van der Waals surface area contributed by atoms with E-state index in [2.05, 4.69) is 5.10 Å². The number of hydrogen-bond acceptors (Lipinski definition) is 2. The molecule has 2 rings (SSSR count). The fourth-order valence-electron chi connectivity index (χ4n) is 1.63. The van der Waals surface area contributed by atoms with E-state index in [1.807, 2.05) is 20.0 Å². The number of halogens is 1. The molecular weight excluding hydrogens is 219 g/mol. The average Bonchev–Trinajstić information content (AvgIpc) is 2.70. The number of benzene rings is 1. The van der Waals surface area contributed by atoms with Crippen molar-refractivity contribution < 1.29 is 9.13 Å². The summed E-state index contributed by atoms with van der Waals surface area (Å²) in [5.41, 5.74) is 2.06. The zero-order valence-electron chi connectivity index (χ0n) is 9.98. The Kier molecular flexibility index (Phi) is 3.42. The number of aryl methyl sites for hydroxylation is 2. The summed E-state index contributed by atoms with van der Waals surface area (Å²) in [5.74, 6) is -0.00669. The van der Waals surface area contributed by atoms with E-state index in [9.17, 15) is 4.39 Å². The van der Waals surface area contributed by atoms with Crippen LogP contribution in [0.4, 0.5) is 4.39 Å². The highest BCUT2D eigenvalue weighted by atomic mass is 19.1. The molecule has 2 aromatic rings. The third kappa shape index (κ3) is 2.84. The van der Waals surface area contributed by atoms with Crippen LogP contribution in [0.15, 0.2) is 30.5 Å². The topological polar surface area (TPSA) is 27.1 Å². The third-order valence-corrected chi connectivity index (χ3v) is 2.62. The lowest BCUT2D eigenvalue weighted by molar-refractivity contribution is 0.302. The second kappa shape index (κ2) is 4.99. The van der Waals surface area contributed by atoms with Gasteiger partial charge < -0.3 is 4.74 Å². The van der Waals surface area contributed by atoms with Crippen molar-refractivity contribution in [3.63, 3.8) is 0 Å². The molecule has 0 spiro atoms. The first-order valence-electron chi connectivity index (χ1n) is 5.52. The zero-order valence-corrected chi connectivity index (χ0v) is 9.98. The van der Waals surface area contributed by atoms with Crippen molar-refractivity contribution in [3.05, 3.63) is 47.5 Å². The number of rotatable bonds is 4.